The van der Waals surface area contributed by atoms with Crippen LogP contribution in [0.25, 0.3) is 0 Å². The van der Waals surface area contributed by atoms with E-state index in [2.05, 4.69) is 15.0 Å². The molecular weight excluding hydrogens is 268 g/mol. The fourth-order valence-corrected chi connectivity index (χ4v) is 2.69. The van der Waals surface area contributed by atoms with Crippen LogP contribution in [0, 0.1) is 6.92 Å². The summed E-state index contributed by atoms with van der Waals surface area (Å²) >= 11 is 0. The molecule has 0 unspecified atom stereocenters. The first kappa shape index (κ1) is 13.9. The van der Waals surface area contributed by atoms with Crippen LogP contribution >= 0.6 is 0 Å². The molecule has 21 heavy (non-hydrogen) atoms. The van der Waals surface area contributed by atoms with Crippen LogP contribution in [0.1, 0.15) is 17.2 Å². The summed E-state index contributed by atoms with van der Waals surface area (Å²) in [5.41, 5.74) is 1.13. The number of benzene rings is 1. The second-order valence-corrected chi connectivity index (χ2v) is 5.19. The standard InChI is InChI=1S/C15H20N4O2/c1-11-16-15-10-18(6-7-19(15)17-11)9-12-8-13(20-2)4-5-14(12)21-3/h4-5,8H,6-7,9-10H2,1-3H3. The molecule has 1 aromatic carbocycles. The van der Waals surface area contributed by atoms with Gasteiger partial charge >= 0.3 is 0 Å². The van der Waals surface area contributed by atoms with Gasteiger partial charge in [0, 0.05) is 18.7 Å². The molecular formula is C15H20N4O2. The highest BCUT2D eigenvalue weighted by Gasteiger charge is 2.20. The van der Waals surface area contributed by atoms with Crippen molar-refractivity contribution in [2.75, 3.05) is 20.8 Å². The van der Waals surface area contributed by atoms with Crippen LogP contribution in [0.3, 0.4) is 0 Å². The summed E-state index contributed by atoms with van der Waals surface area (Å²) in [4.78, 5) is 6.82. The predicted molar refractivity (Wildman–Crippen MR) is 78.4 cm³/mol. The van der Waals surface area contributed by atoms with E-state index in [9.17, 15) is 0 Å². The zero-order valence-corrected chi connectivity index (χ0v) is 12.7. The van der Waals surface area contributed by atoms with Gasteiger partial charge in [-0.2, -0.15) is 5.10 Å². The molecule has 2 heterocycles. The van der Waals surface area contributed by atoms with Gasteiger partial charge in [0.2, 0.25) is 0 Å². The van der Waals surface area contributed by atoms with E-state index in [1.54, 1.807) is 14.2 Å². The van der Waals surface area contributed by atoms with Crippen molar-refractivity contribution in [1.82, 2.24) is 19.7 Å². The normalized spacial score (nSPS) is 14.8. The van der Waals surface area contributed by atoms with Crippen molar-refractivity contribution < 1.29 is 9.47 Å². The van der Waals surface area contributed by atoms with Gasteiger partial charge in [0.15, 0.2) is 0 Å². The molecule has 0 bridgehead atoms. The number of methoxy groups -OCH3 is 2. The van der Waals surface area contributed by atoms with E-state index in [1.807, 2.05) is 29.8 Å². The number of ether oxygens (including phenoxy) is 2. The molecule has 1 aliphatic rings. The van der Waals surface area contributed by atoms with E-state index < -0.39 is 0 Å². The van der Waals surface area contributed by atoms with Gasteiger partial charge in [-0.1, -0.05) is 0 Å². The Balaban J connectivity index is 1.78. The third kappa shape index (κ3) is 2.85. The Labute approximate surface area is 124 Å². The van der Waals surface area contributed by atoms with Gasteiger partial charge in [0.25, 0.3) is 0 Å². The molecule has 2 aromatic rings. The second-order valence-electron chi connectivity index (χ2n) is 5.19. The first-order chi connectivity index (χ1) is 10.2. The van der Waals surface area contributed by atoms with Crippen LogP contribution in [0.15, 0.2) is 18.2 Å². The van der Waals surface area contributed by atoms with Crippen LogP contribution in [0.4, 0.5) is 0 Å². The maximum Gasteiger partial charge on any atom is 0.147 e. The average Bonchev–Trinajstić information content (AvgIpc) is 2.86. The third-order valence-electron chi connectivity index (χ3n) is 3.73. The summed E-state index contributed by atoms with van der Waals surface area (Å²) in [5.74, 6) is 3.60. The van der Waals surface area contributed by atoms with Crippen LogP contribution in [-0.4, -0.2) is 40.4 Å². The van der Waals surface area contributed by atoms with Crippen molar-refractivity contribution in [2.45, 2.75) is 26.6 Å². The highest BCUT2D eigenvalue weighted by molar-refractivity contribution is 5.40. The second kappa shape index (κ2) is 5.73. The predicted octanol–water partition coefficient (Wildman–Crippen LogP) is 1.62. The first-order valence-electron chi connectivity index (χ1n) is 7.03. The van der Waals surface area contributed by atoms with Crippen molar-refractivity contribution in [1.29, 1.82) is 0 Å². The summed E-state index contributed by atoms with van der Waals surface area (Å²) in [5, 5.41) is 4.39. The molecule has 0 aliphatic carbocycles. The molecule has 0 fully saturated rings. The van der Waals surface area contributed by atoms with E-state index in [0.29, 0.717) is 0 Å². The summed E-state index contributed by atoms with van der Waals surface area (Å²) in [6, 6.07) is 5.90. The minimum absolute atomic E-state index is 0.807. The Kier molecular flexibility index (Phi) is 3.79. The van der Waals surface area contributed by atoms with E-state index in [0.717, 1.165) is 54.9 Å². The van der Waals surface area contributed by atoms with E-state index in [-0.39, 0.29) is 0 Å². The van der Waals surface area contributed by atoms with Gasteiger partial charge in [-0.3, -0.25) is 4.90 Å². The monoisotopic (exact) mass is 288 g/mol. The third-order valence-corrected chi connectivity index (χ3v) is 3.73. The molecule has 3 rings (SSSR count). The van der Waals surface area contributed by atoms with Gasteiger partial charge < -0.3 is 9.47 Å². The summed E-state index contributed by atoms with van der Waals surface area (Å²) in [7, 11) is 3.37. The van der Waals surface area contributed by atoms with Gasteiger partial charge in [-0.25, -0.2) is 9.67 Å². The van der Waals surface area contributed by atoms with Crippen LogP contribution in [0.5, 0.6) is 11.5 Å². The number of aromatic nitrogens is 3. The van der Waals surface area contributed by atoms with Gasteiger partial charge in [0.1, 0.15) is 23.1 Å². The minimum Gasteiger partial charge on any atom is -0.497 e. The number of hydrogen-bond acceptors (Lipinski definition) is 5. The maximum atomic E-state index is 5.44. The molecule has 0 N–H and O–H groups in total. The van der Waals surface area contributed by atoms with Crippen molar-refractivity contribution in [2.24, 2.45) is 0 Å². The number of rotatable bonds is 4. The Hall–Kier alpha value is -2.08. The highest BCUT2D eigenvalue weighted by Crippen LogP contribution is 2.26. The Morgan fingerprint density at radius 2 is 2.05 bits per heavy atom. The molecule has 112 valence electrons. The van der Waals surface area contributed by atoms with E-state index in [1.165, 1.54) is 0 Å². The maximum absolute atomic E-state index is 5.44. The van der Waals surface area contributed by atoms with Crippen LogP contribution in [-0.2, 0) is 19.6 Å². The molecule has 1 aliphatic heterocycles. The Morgan fingerprint density at radius 3 is 2.81 bits per heavy atom. The zero-order valence-electron chi connectivity index (χ0n) is 12.7. The molecule has 0 amide bonds. The number of fused-ring (bicyclic) bond motifs is 1. The molecule has 0 saturated carbocycles. The lowest BCUT2D eigenvalue weighted by Gasteiger charge is -2.27. The largest absolute Gasteiger partial charge is 0.497 e. The van der Waals surface area contributed by atoms with Crippen molar-refractivity contribution in [3.8, 4) is 11.5 Å². The first-order valence-corrected chi connectivity index (χ1v) is 7.03. The summed E-state index contributed by atoms with van der Waals surface area (Å²) < 4.78 is 12.7. The van der Waals surface area contributed by atoms with Crippen molar-refractivity contribution in [3.63, 3.8) is 0 Å². The topological polar surface area (TPSA) is 52.4 Å². The SMILES string of the molecule is COc1ccc(OC)c(CN2CCn3nc(C)nc3C2)c1. The molecule has 6 heteroatoms. The van der Waals surface area contributed by atoms with Gasteiger partial charge in [0.05, 0.1) is 27.3 Å². The highest BCUT2D eigenvalue weighted by atomic mass is 16.5. The van der Waals surface area contributed by atoms with E-state index >= 15 is 0 Å². The summed E-state index contributed by atoms with van der Waals surface area (Å²) in [6.07, 6.45) is 0. The Morgan fingerprint density at radius 1 is 1.19 bits per heavy atom. The Bertz CT molecular complexity index is 639. The van der Waals surface area contributed by atoms with Crippen molar-refractivity contribution >= 4 is 0 Å². The summed E-state index contributed by atoms with van der Waals surface area (Å²) in [6.45, 7) is 5.38. The molecule has 0 atom stereocenters. The number of hydrogen-bond donors (Lipinski definition) is 0. The fourth-order valence-electron chi connectivity index (χ4n) is 2.69. The smallest absolute Gasteiger partial charge is 0.147 e. The number of nitrogens with zero attached hydrogens (tertiary/aromatic N) is 4. The minimum atomic E-state index is 0.807. The average molecular weight is 288 g/mol. The zero-order chi connectivity index (χ0) is 14.8. The molecule has 1 aromatic heterocycles. The van der Waals surface area contributed by atoms with Crippen LogP contribution < -0.4 is 9.47 Å². The molecule has 0 radical (unpaired) electrons. The molecule has 0 spiro atoms. The lowest BCUT2D eigenvalue weighted by molar-refractivity contribution is 0.199. The molecule has 0 saturated heterocycles. The lowest BCUT2D eigenvalue weighted by atomic mass is 10.1. The number of aryl methyl sites for hydroxylation is 1. The fraction of sp³-hybridized carbons (Fsp3) is 0.467. The van der Waals surface area contributed by atoms with E-state index in [4.69, 9.17) is 9.47 Å². The molecule has 6 nitrogen and oxygen atoms in total. The van der Waals surface area contributed by atoms with Gasteiger partial charge in [-0.15, -0.1) is 0 Å². The van der Waals surface area contributed by atoms with Gasteiger partial charge in [-0.05, 0) is 25.1 Å². The lowest BCUT2D eigenvalue weighted by Crippen LogP contribution is -2.33. The van der Waals surface area contributed by atoms with Crippen LogP contribution in [0.2, 0.25) is 0 Å². The quantitative estimate of drug-likeness (QED) is 0.855. The van der Waals surface area contributed by atoms with Crippen molar-refractivity contribution in [3.05, 3.63) is 35.4 Å².